The third kappa shape index (κ3) is 5.95. The average molecular weight is 472 g/mol. The Morgan fingerprint density at radius 1 is 0.788 bits per heavy atom. The summed E-state index contributed by atoms with van der Waals surface area (Å²) < 4.78 is 93.1. The van der Waals surface area contributed by atoms with Crippen LogP contribution in [0.5, 0.6) is 0 Å². The second kappa shape index (κ2) is 8.93. The summed E-state index contributed by atoms with van der Waals surface area (Å²) in [6.07, 6.45) is -6.57. The lowest BCUT2D eigenvalue weighted by atomic mass is 10.1. The number of hydrogen-bond donors (Lipinski definition) is 0. The smallest absolute Gasteiger partial charge is 0.416 e. The molecule has 33 heavy (non-hydrogen) atoms. The number of Topliss-reactive ketones (excluding diaryl/α,β-unsaturated/α-hetero) is 1. The molecule has 0 unspecified atom stereocenters. The number of hydrogen-bond acceptors (Lipinski definition) is 4. The maximum atomic E-state index is 12.9. The van der Waals surface area contributed by atoms with Gasteiger partial charge in [-0.2, -0.15) is 26.3 Å². The lowest BCUT2D eigenvalue weighted by molar-refractivity contribution is -0.343. The predicted octanol–water partition coefficient (Wildman–Crippen LogP) is 6.43. The third-order valence-corrected chi connectivity index (χ3v) is 4.52. The van der Waals surface area contributed by atoms with Gasteiger partial charge in [0.05, 0.1) is 17.7 Å². The quantitative estimate of drug-likeness (QED) is 0.380. The molecule has 4 nitrogen and oxygen atoms in total. The predicted molar refractivity (Wildman–Crippen MR) is 106 cm³/mol. The number of alkyl halides is 6. The summed E-state index contributed by atoms with van der Waals surface area (Å²) in [5, 5.41) is 0. The highest BCUT2D eigenvalue weighted by molar-refractivity contribution is 6.11. The molecule has 2 aromatic carbocycles. The van der Waals surface area contributed by atoms with Crippen molar-refractivity contribution >= 4 is 17.9 Å². The maximum Gasteiger partial charge on any atom is 0.416 e. The number of rotatable bonds is 4. The van der Waals surface area contributed by atoms with Gasteiger partial charge in [-0.15, -0.1) is 0 Å². The van der Waals surface area contributed by atoms with E-state index in [1.165, 1.54) is 43.3 Å². The van der Waals surface area contributed by atoms with Crippen molar-refractivity contribution in [1.29, 1.82) is 0 Å². The molecule has 0 aliphatic carbocycles. The maximum absolute atomic E-state index is 12.9. The van der Waals surface area contributed by atoms with Gasteiger partial charge in [0.25, 0.3) is 5.78 Å². The van der Waals surface area contributed by atoms with Crippen molar-refractivity contribution in [2.24, 2.45) is 0 Å². The van der Waals surface area contributed by atoms with E-state index < -0.39 is 35.2 Å². The molecule has 10 heteroatoms. The molecule has 1 fully saturated rings. The van der Waals surface area contributed by atoms with Gasteiger partial charge in [0.15, 0.2) is 11.5 Å². The van der Waals surface area contributed by atoms with E-state index in [-0.39, 0.29) is 29.3 Å². The van der Waals surface area contributed by atoms with Crippen molar-refractivity contribution in [2.45, 2.75) is 32.2 Å². The number of carbonyl (C=O) groups excluding carboxylic acids is 1. The Labute approximate surface area is 185 Å². The van der Waals surface area contributed by atoms with Crippen LogP contribution in [-0.4, -0.2) is 18.4 Å². The summed E-state index contributed by atoms with van der Waals surface area (Å²) in [5.74, 6) is -3.03. The fourth-order valence-corrected chi connectivity index (χ4v) is 2.98. The van der Waals surface area contributed by atoms with E-state index in [9.17, 15) is 31.1 Å². The number of carbonyl (C=O) groups is 1. The highest BCUT2D eigenvalue weighted by Gasteiger charge is 2.41. The first-order valence-corrected chi connectivity index (χ1v) is 9.65. The normalized spacial score (nSPS) is 21.8. The van der Waals surface area contributed by atoms with Gasteiger partial charge in [0.1, 0.15) is 0 Å². The van der Waals surface area contributed by atoms with Crippen LogP contribution in [0, 0.1) is 0 Å². The van der Waals surface area contributed by atoms with Gasteiger partial charge in [0.2, 0.25) is 0 Å². The van der Waals surface area contributed by atoms with E-state index in [2.05, 4.69) is 0 Å². The van der Waals surface area contributed by atoms with Crippen LogP contribution < -0.4 is 0 Å². The van der Waals surface area contributed by atoms with Crippen LogP contribution in [0.4, 0.5) is 26.3 Å². The van der Waals surface area contributed by atoms with E-state index in [0.717, 1.165) is 24.3 Å². The van der Waals surface area contributed by atoms with Crippen LogP contribution in [0.1, 0.15) is 36.1 Å². The average Bonchev–Trinajstić information content (AvgIpc) is 2.71. The standard InChI is InChI=1S/C23H18F6O4/c1-3-31-21(2)32-18(12-14-4-8-16(9-5-14)22(24,25)26)20(30)19(33-21)13-15-6-10-17(11-7-15)23(27,28)29/h4-13H,3H2,1-2H3. The molecule has 0 saturated carbocycles. The highest BCUT2D eigenvalue weighted by atomic mass is 19.4. The Morgan fingerprint density at radius 2 is 1.15 bits per heavy atom. The minimum absolute atomic E-state index is 0.131. The van der Waals surface area contributed by atoms with Crippen LogP contribution in [0.25, 0.3) is 12.2 Å². The summed E-state index contributed by atoms with van der Waals surface area (Å²) >= 11 is 0. The SMILES string of the molecule is CCOC1(C)OC(=Cc2ccc(C(F)(F)F)cc2)C(=O)C(=Cc2ccc(C(F)(F)F)cc2)O1. The molecule has 0 amide bonds. The Balaban J connectivity index is 1.96. The number of ketones is 1. The molecule has 0 radical (unpaired) electrons. The number of ether oxygens (including phenoxy) is 3. The first-order chi connectivity index (χ1) is 15.3. The molecule has 0 bridgehead atoms. The zero-order valence-electron chi connectivity index (χ0n) is 17.4. The molecular weight excluding hydrogens is 454 g/mol. The topological polar surface area (TPSA) is 44.8 Å². The van der Waals surface area contributed by atoms with E-state index in [1.807, 2.05) is 0 Å². The van der Waals surface area contributed by atoms with Crippen molar-refractivity contribution in [2.75, 3.05) is 6.61 Å². The second-order valence-corrected chi connectivity index (χ2v) is 7.09. The van der Waals surface area contributed by atoms with Crippen molar-refractivity contribution in [3.63, 3.8) is 0 Å². The molecular formula is C23H18F6O4. The molecule has 0 aromatic heterocycles. The van der Waals surface area contributed by atoms with Crippen molar-refractivity contribution in [1.82, 2.24) is 0 Å². The number of benzene rings is 2. The Bertz CT molecular complexity index is 985. The lowest BCUT2D eigenvalue weighted by Gasteiger charge is -2.35. The zero-order valence-corrected chi connectivity index (χ0v) is 17.4. The van der Waals surface area contributed by atoms with Crippen LogP contribution in [0.15, 0.2) is 60.0 Å². The highest BCUT2D eigenvalue weighted by Crippen LogP contribution is 2.34. The minimum atomic E-state index is -4.51. The van der Waals surface area contributed by atoms with Gasteiger partial charge in [-0.1, -0.05) is 24.3 Å². The van der Waals surface area contributed by atoms with Gasteiger partial charge in [0, 0.05) is 6.92 Å². The molecule has 176 valence electrons. The summed E-state index contributed by atoms with van der Waals surface area (Å²) in [7, 11) is 0. The van der Waals surface area contributed by atoms with Gasteiger partial charge in [-0.05, 0) is 54.5 Å². The molecule has 3 rings (SSSR count). The second-order valence-electron chi connectivity index (χ2n) is 7.09. The first-order valence-electron chi connectivity index (χ1n) is 9.65. The Kier molecular flexibility index (Phi) is 6.60. The molecule has 0 N–H and O–H groups in total. The Hall–Kier alpha value is -3.27. The summed E-state index contributed by atoms with van der Waals surface area (Å²) in [5.41, 5.74) is -1.21. The van der Waals surface area contributed by atoms with Gasteiger partial charge < -0.3 is 14.2 Å². The van der Waals surface area contributed by atoms with Gasteiger partial charge in [-0.3, -0.25) is 4.79 Å². The largest absolute Gasteiger partial charge is 0.426 e. The molecule has 1 heterocycles. The fourth-order valence-electron chi connectivity index (χ4n) is 2.98. The van der Waals surface area contributed by atoms with Crippen LogP contribution >= 0.6 is 0 Å². The van der Waals surface area contributed by atoms with Crippen molar-refractivity contribution in [3.05, 3.63) is 82.3 Å². The van der Waals surface area contributed by atoms with E-state index >= 15 is 0 Å². The van der Waals surface area contributed by atoms with Gasteiger partial charge >= 0.3 is 18.3 Å². The third-order valence-electron chi connectivity index (χ3n) is 4.52. The number of halogens is 6. The molecule has 0 atom stereocenters. The van der Waals surface area contributed by atoms with Crippen molar-refractivity contribution < 1.29 is 45.3 Å². The molecule has 1 aliphatic heterocycles. The molecule has 1 saturated heterocycles. The molecule has 1 aliphatic rings. The summed E-state index contributed by atoms with van der Waals surface area (Å²) in [6.45, 7) is 3.16. The van der Waals surface area contributed by atoms with Crippen LogP contribution in [-0.2, 0) is 31.4 Å². The zero-order chi connectivity index (χ0) is 24.4. The van der Waals surface area contributed by atoms with E-state index in [0.29, 0.717) is 0 Å². The molecule has 2 aromatic rings. The summed E-state index contributed by atoms with van der Waals surface area (Å²) in [4.78, 5) is 12.9. The minimum Gasteiger partial charge on any atom is -0.426 e. The van der Waals surface area contributed by atoms with E-state index in [1.54, 1.807) is 6.92 Å². The Morgan fingerprint density at radius 3 is 1.45 bits per heavy atom. The monoisotopic (exact) mass is 472 g/mol. The van der Waals surface area contributed by atoms with Crippen LogP contribution in [0.3, 0.4) is 0 Å². The summed E-state index contributed by atoms with van der Waals surface area (Å²) in [6, 6.07) is 8.10. The fraction of sp³-hybridized carbons (Fsp3) is 0.261. The van der Waals surface area contributed by atoms with Crippen molar-refractivity contribution in [3.8, 4) is 0 Å². The first kappa shape index (κ1) is 24.4. The van der Waals surface area contributed by atoms with E-state index in [4.69, 9.17) is 14.2 Å². The lowest BCUT2D eigenvalue weighted by Crippen LogP contribution is -2.42. The molecule has 0 spiro atoms. The van der Waals surface area contributed by atoms with Crippen LogP contribution in [0.2, 0.25) is 0 Å². The van der Waals surface area contributed by atoms with Gasteiger partial charge in [-0.25, -0.2) is 0 Å².